The number of nitrogens with zero attached hydrogens (tertiary/aromatic N) is 4. The van der Waals surface area contributed by atoms with Crippen LogP contribution in [0.4, 0.5) is 0 Å². The highest BCUT2D eigenvalue weighted by molar-refractivity contribution is 5.84. The van der Waals surface area contributed by atoms with Crippen molar-refractivity contribution in [1.82, 2.24) is 20.1 Å². The van der Waals surface area contributed by atoms with Crippen LogP contribution >= 0.6 is 0 Å². The first kappa shape index (κ1) is 10.1. The Bertz CT molecular complexity index is 506. The Kier molecular flexibility index (Phi) is 2.50. The van der Waals surface area contributed by atoms with Crippen molar-refractivity contribution in [2.45, 2.75) is 6.92 Å². The maximum absolute atomic E-state index is 10.5. The van der Waals surface area contributed by atoms with Gasteiger partial charge >= 0.3 is 5.97 Å². The molecule has 0 spiro atoms. The molecule has 2 rings (SSSR count). The molecule has 0 amide bonds. The number of hydrogen-bond acceptors (Lipinski definition) is 5. The van der Waals surface area contributed by atoms with E-state index in [4.69, 9.17) is 9.94 Å². The van der Waals surface area contributed by atoms with Gasteiger partial charge in [-0.25, -0.2) is 4.79 Å². The second-order valence-corrected chi connectivity index (χ2v) is 3.04. The molecule has 0 aliphatic rings. The molecule has 82 valence electrons. The number of aryl methyl sites for hydroxylation is 1. The third kappa shape index (κ3) is 2.14. The molecule has 7 nitrogen and oxygen atoms in total. The Balaban J connectivity index is 2.14. The standard InChI is InChI=1S/C9H8N4O3/c1-6-2-3-7(4-10-6)16-13-5-8(9(14)15)11-12-13/h2-5H,1H3,(H,14,15). The fourth-order valence-electron chi connectivity index (χ4n) is 1.01. The number of carbonyl (C=O) groups is 1. The molecule has 16 heavy (non-hydrogen) atoms. The molecule has 0 fully saturated rings. The molecule has 2 aromatic heterocycles. The lowest BCUT2D eigenvalue weighted by molar-refractivity contribution is 0.0690. The Morgan fingerprint density at radius 1 is 1.50 bits per heavy atom. The summed E-state index contributed by atoms with van der Waals surface area (Å²) in [6.07, 6.45) is 2.68. The molecule has 0 aliphatic heterocycles. The number of aromatic nitrogens is 4. The summed E-state index contributed by atoms with van der Waals surface area (Å²) in [6, 6.07) is 3.47. The van der Waals surface area contributed by atoms with E-state index in [0.717, 1.165) is 10.5 Å². The van der Waals surface area contributed by atoms with E-state index >= 15 is 0 Å². The van der Waals surface area contributed by atoms with Crippen molar-refractivity contribution in [3.63, 3.8) is 0 Å². The van der Waals surface area contributed by atoms with Crippen LogP contribution in [0.25, 0.3) is 0 Å². The van der Waals surface area contributed by atoms with Crippen molar-refractivity contribution in [3.05, 3.63) is 35.9 Å². The number of pyridine rings is 1. The highest BCUT2D eigenvalue weighted by atomic mass is 16.7. The summed E-state index contributed by atoms with van der Waals surface area (Å²) in [5.74, 6) is -0.704. The zero-order valence-electron chi connectivity index (χ0n) is 8.36. The largest absolute Gasteiger partial charge is 0.476 e. The lowest BCUT2D eigenvalue weighted by Gasteiger charge is -2.01. The highest BCUT2D eigenvalue weighted by Crippen LogP contribution is 2.08. The van der Waals surface area contributed by atoms with Crippen LogP contribution in [0.2, 0.25) is 0 Å². The minimum absolute atomic E-state index is 0.180. The fourth-order valence-corrected chi connectivity index (χ4v) is 1.01. The van der Waals surface area contributed by atoms with Crippen LogP contribution in [0.5, 0.6) is 5.75 Å². The third-order valence-corrected chi connectivity index (χ3v) is 1.78. The second kappa shape index (κ2) is 3.97. The third-order valence-electron chi connectivity index (χ3n) is 1.78. The van der Waals surface area contributed by atoms with Gasteiger partial charge in [-0.1, -0.05) is 4.85 Å². The molecule has 0 unspecified atom stereocenters. The van der Waals surface area contributed by atoms with E-state index in [-0.39, 0.29) is 5.69 Å². The Morgan fingerprint density at radius 3 is 2.88 bits per heavy atom. The van der Waals surface area contributed by atoms with Crippen LogP contribution in [-0.2, 0) is 0 Å². The lowest BCUT2D eigenvalue weighted by Crippen LogP contribution is -2.06. The van der Waals surface area contributed by atoms with Gasteiger partial charge in [-0.3, -0.25) is 4.98 Å². The molecular weight excluding hydrogens is 212 g/mol. The van der Waals surface area contributed by atoms with E-state index in [1.807, 2.05) is 6.92 Å². The van der Waals surface area contributed by atoms with Crippen molar-refractivity contribution in [2.75, 3.05) is 0 Å². The number of rotatable bonds is 3. The molecule has 0 bridgehead atoms. The van der Waals surface area contributed by atoms with Gasteiger partial charge in [0, 0.05) is 5.69 Å². The molecule has 0 saturated carbocycles. The average molecular weight is 220 g/mol. The van der Waals surface area contributed by atoms with E-state index in [0.29, 0.717) is 5.75 Å². The molecule has 0 saturated heterocycles. The number of aromatic carboxylic acids is 1. The van der Waals surface area contributed by atoms with Gasteiger partial charge in [-0.2, -0.15) is 0 Å². The quantitative estimate of drug-likeness (QED) is 0.811. The van der Waals surface area contributed by atoms with Crippen LogP contribution in [0.15, 0.2) is 24.5 Å². The molecule has 0 radical (unpaired) electrons. The Morgan fingerprint density at radius 2 is 2.31 bits per heavy atom. The molecular formula is C9H8N4O3. The molecule has 2 heterocycles. The van der Waals surface area contributed by atoms with Gasteiger partial charge in [0.2, 0.25) is 0 Å². The van der Waals surface area contributed by atoms with Crippen LogP contribution < -0.4 is 4.84 Å². The van der Waals surface area contributed by atoms with Gasteiger partial charge in [0.15, 0.2) is 11.4 Å². The minimum atomic E-state index is -1.16. The summed E-state index contributed by atoms with van der Waals surface area (Å²) in [5, 5.41) is 15.5. The lowest BCUT2D eigenvalue weighted by atomic mass is 10.4. The van der Waals surface area contributed by atoms with Crippen molar-refractivity contribution < 1.29 is 14.7 Å². The molecule has 0 atom stereocenters. The second-order valence-electron chi connectivity index (χ2n) is 3.04. The topological polar surface area (TPSA) is 90.1 Å². The molecule has 1 N–H and O–H groups in total. The van der Waals surface area contributed by atoms with Gasteiger partial charge in [0.05, 0.1) is 6.20 Å². The number of carboxylic acid groups (broad SMARTS) is 1. The summed E-state index contributed by atoms with van der Waals surface area (Å²) in [7, 11) is 0. The maximum atomic E-state index is 10.5. The molecule has 0 aliphatic carbocycles. The van der Waals surface area contributed by atoms with Crippen LogP contribution in [0, 0.1) is 6.92 Å². The normalized spacial score (nSPS) is 10.1. The highest BCUT2D eigenvalue weighted by Gasteiger charge is 2.09. The summed E-state index contributed by atoms with van der Waals surface area (Å²) < 4.78 is 0. The smallest absolute Gasteiger partial charge is 0.358 e. The van der Waals surface area contributed by atoms with Crippen molar-refractivity contribution in [2.24, 2.45) is 0 Å². The zero-order chi connectivity index (χ0) is 11.5. The first-order valence-electron chi connectivity index (χ1n) is 4.42. The van der Waals surface area contributed by atoms with Gasteiger partial charge in [-0.15, -0.1) is 5.10 Å². The monoisotopic (exact) mass is 220 g/mol. The average Bonchev–Trinajstić information content (AvgIpc) is 2.70. The predicted octanol–water partition coefficient (Wildman–Crippen LogP) is 0.522. The van der Waals surface area contributed by atoms with Gasteiger partial charge < -0.3 is 9.94 Å². The maximum Gasteiger partial charge on any atom is 0.358 e. The van der Waals surface area contributed by atoms with Gasteiger partial charge in [0.1, 0.15) is 6.20 Å². The summed E-state index contributed by atoms with van der Waals surface area (Å²) in [4.78, 5) is 20.7. The van der Waals surface area contributed by atoms with Crippen LogP contribution in [0.1, 0.15) is 16.2 Å². The van der Waals surface area contributed by atoms with E-state index in [2.05, 4.69) is 15.3 Å². The SMILES string of the molecule is Cc1ccc(On2cc(C(=O)O)nn2)cn1. The Hall–Kier alpha value is -2.44. The van der Waals surface area contributed by atoms with Gasteiger partial charge in [-0.05, 0) is 24.3 Å². The molecule has 2 aromatic rings. The summed E-state index contributed by atoms with van der Waals surface area (Å²) >= 11 is 0. The van der Waals surface area contributed by atoms with Crippen LogP contribution in [-0.4, -0.2) is 31.2 Å². The first-order chi connectivity index (χ1) is 7.65. The van der Waals surface area contributed by atoms with E-state index in [9.17, 15) is 4.79 Å². The van der Waals surface area contributed by atoms with Crippen molar-refractivity contribution in [1.29, 1.82) is 0 Å². The van der Waals surface area contributed by atoms with Gasteiger partial charge in [0.25, 0.3) is 0 Å². The summed E-state index contributed by atoms with van der Waals surface area (Å²) in [5.41, 5.74) is 0.678. The number of carboxylic acids is 1. The van der Waals surface area contributed by atoms with E-state index in [1.54, 1.807) is 12.1 Å². The molecule has 7 heteroatoms. The minimum Gasteiger partial charge on any atom is -0.476 e. The predicted molar refractivity (Wildman–Crippen MR) is 52.0 cm³/mol. The fraction of sp³-hybridized carbons (Fsp3) is 0.111. The van der Waals surface area contributed by atoms with Crippen molar-refractivity contribution >= 4 is 5.97 Å². The number of hydrogen-bond donors (Lipinski definition) is 1. The molecule has 0 aromatic carbocycles. The van der Waals surface area contributed by atoms with E-state index in [1.165, 1.54) is 12.4 Å². The van der Waals surface area contributed by atoms with E-state index < -0.39 is 5.97 Å². The van der Waals surface area contributed by atoms with Crippen LogP contribution in [0.3, 0.4) is 0 Å². The summed E-state index contributed by atoms with van der Waals surface area (Å²) in [6.45, 7) is 1.85. The first-order valence-corrected chi connectivity index (χ1v) is 4.42. The Labute approximate surface area is 90.3 Å². The zero-order valence-corrected chi connectivity index (χ0v) is 8.36. The van der Waals surface area contributed by atoms with Crippen molar-refractivity contribution in [3.8, 4) is 5.75 Å².